The third kappa shape index (κ3) is 3.12. The molecule has 70 valence electrons. The maximum Gasteiger partial charge on any atom is 0.0342 e. The smallest absolute Gasteiger partial charge is 0.0342 e. The summed E-state index contributed by atoms with van der Waals surface area (Å²) in [5, 5.41) is 0. The van der Waals surface area contributed by atoms with Gasteiger partial charge in [-0.05, 0) is 47.6 Å². The Morgan fingerprint density at radius 3 is 2.69 bits per heavy atom. The van der Waals surface area contributed by atoms with Crippen LogP contribution < -0.4 is 5.73 Å². The van der Waals surface area contributed by atoms with Gasteiger partial charge in [0.2, 0.25) is 0 Å². The number of rotatable bonds is 3. The SMILES string of the molecule is C=C(C)C[C@@H](N)c1ccccc1I. The summed E-state index contributed by atoms with van der Waals surface area (Å²) in [7, 11) is 0. The van der Waals surface area contributed by atoms with E-state index in [4.69, 9.17) is 5.73 Å². The van der Waals surface area contributed by atoms with E-state index in [0.717, 1.165) is 12.0 Å². The predicted molar refractivity (Wildman–Crippen MR) is 65.5 cm³/mol. The van der Waals surface area contributed by atoms with Gasteiger partial charge in [-0.1, -0.05) is 23.8 Å². The molecule has 0 aliphatic rings. The molecule has 2 N–H and O–H groups in total. The van der Waals surface area contributed by atoms with Crippen LogP contribution in [0.25, 0.3) is 0 Å². The molecule has 0 spiro atoms. The Bertz CT molecular complexity index is 307. The summed E-state index contributed by atoms with van der Waals surface area (Å²) in [6, 6.07) is 8.29. The van der Waals surface area contributed by atoms with Crippen LogP contribution in [0.4, 0.5) is 0 Å². The minimum absolute atomic E-state index is 0.0885. The van der Waals surface area contributed by atoms with Crippen molar-refractivity contribution in [3.05, 3.63) is 45.6 Å². The van der Waals surface area contributed by atoms with Crippen LogP contribution in [0.15, 0.2) is 36.4 Å². The van der Waals surface area contributed by atoms with Gasteiger partial charge in [-0.15, -0.1) is 6.58 Å². The summed E-state index contributed by atoms with van der Waals surface area (Å²) < 4.78 is 1.23. The third-order valence-electron chi connectivity index (χ3n) is 1.87. The highest BCUT2D eigenvalue weighted by atomic mass is 127. The van der Waals surface area contributed by atoms with Gasteiger partial charge >= 0.3 is 0 Å². The van der Waals surface area contributed by atoms with Gasteiger partial charge in [-0.3, -0.25) is 0 Å². The summed E-state index contributed by atoms with van der Waals surface area (Å²) in [6.45, 7) is 5.88. The fourth-order valence-corrected chi connectivity index (χ4v) is 2.05. The van der Waals surface area contributed by atoms with Crippen LogP contribution >= 0.6 is 22.6 Å². The Hall–Kier alpha value is -0.350. The largest absolute Gasteiger partial charge is 0.324 e. The van der Waals surface area contributed by atoms with Crippen molar-refractivity contribution in [3.8, 4) is 0 Å². The number of nitrogens with two attached hydrogens (primary N) is 1. The Morgan fingerprint density at radius 2 is 2.15 bits per heavy atom. The Kier molecular flexibility index (Phi) is 3.93. The first-order valence-electron chi connectivity index (χ1n) is 4.25. The average molecular weight is 287 g/mol. The molecule has 1 aromatic rings. The van der Waals surface area contributed by atoms with Crippen LogP contribution in [-0.4, -0.2) is 0 Å². The fourth-order valence-electron chi connectivity index (χ4n) is 1.26. The first kappa shape index (κ1) is 10.7. The minimum Gasteiger partial charge on any atom is -0.324 e. The second-order valence-electron chi connectivity index (χ2n) is 3.29. The van der Waals surface area contributed by atoms with Crippen LogP contribution in [0, 0.1) is 3.57 Å². The molecule has 0 saturated carbocycles. The molecule has 1 atom stereocenters. The van der Waals surface area contributed by atoms with Crippen molar-refractivity contribution in [2.75, 3.05) is 0 Å². The average Bonchev–Trinajstić information content (AvgIpc) is 2.03. The summed E-state index contributed by atoms with van der Waals surface area (Å²) in [5.41, 5.74) is 8.38. The van der Waals surface area contributed by atoms with Crippen LogP contribution in [0.2, 0.25) is 0 Å². The van der Waals surface area contributed by atoms with Crippen molar-refractivity contribution in [1.82, 2.24) is 0 Å². The molecule has 1 rings (SSSR count). The molecule has 1 nitrogen and oxygen atoms in total. The van der Waals surface area contributed by atoms with E-state index in [2.05, 4.69) is 41.3 Å². The zero-order chi connectivity index (χ0) is 9.84. The predicted octanol–water partition coefficient (Wildman–Crippen LogP) is 3.26. The standard InChI is InChI=1S/C11H14IN/c1-8(2)7-11(13)9-5-3-4-6-10(9)12/h3-6,11H,1,7,13H2,2H3/t11-/m1/s1. The maximum atomic E-state index is 6.03. The van der Waals surface area contributed by atoms with E-state index in [9.17, 15) is 0 Å². The van der Waals surface area contributed by atoms with E-state index < -0.39 is 0 Å². The van der Waals surface area contributed by atoms with Gasteiger partial charge in [0.25, 0.3) is 0 Å². The highest BCUT2D eigenvalue weighted by Gasteiger charge is 2.08. The molecular formula is C11H14IN. The minimum atomic E-state index is 0.0885. The van der Waals surface area contributed by atoms with Crippen molar-refractivity contribution < 1.29 is 0 Å². The van der Waals surface area contributed by atoms with E-state index in [1.54, 1.807) is 0 Å². The van der Waals surface area contributed by atoms with Crippen molar-refractivity contribution >= 4 is 22.6 Å². The van der Waals surface area contributed by atoms with Gasteiger partial charge in [0.1, 0.15) is 0 Å². The molecule has 0 aliphatic carbocycles. The molecule has 0 bridgehead atoms. The molecular weight excluding hydrogens is 273 g/mol. The Labute approximate surface area is 93.2 Å². The molecule has 0 amide bonds. The maximum absolute atomic E-state index is 6.03. The van der Waals surface area contributed by atoms with Gasteiger partial charge in [0, 0.05) is 9.61 Å². The summed E-state index contributed by atoms with van der Waals surface area (Å²) in [6.07, 6.45) is 0.861. The number of hydrogen-bond donors (Lipinski definition) is 1. The highest BCUT2D eigenvalue weighted by molar-refractivity contribution is 14.1. The van der Waals surface area contributed by atoms with Gasteiger partial charge in [0.05, 0.1) is 0 Å². The lowest BCUT2D eigenvalue weighted by atomic mass is 10.0. The monoisotopic (exact) mass is 287 g/mol. The molecule has 0 fully saturated rings. The lowest BCUT2D eigenvalue weighted by molar-refractivity contribution is 0.713. The molecule has 0 heterocycles. The first-order valence-corrected chi connectivity index (χ1v) is 5.33. The summed E-state index contributed by atoms with van der Waals surface area (Å²) in [4.78, 5) is 0. The fraction of sp³-hybridized carbons (Fsp3) is 0.273. The van der Waals surface area contributed by atoms with Gasteiger partial charge in [-0.25, -0.2) is 0 Å². The van der Waals surface area contributed by atoms with Gasteiger partial charge < -0.3 is 5.73 Å². The number of hydrogen-bond acceptors (Lipinski definition) is 1. The van der Waals surface area contributed by atoms with E-state index in [0.29, 0.717) is 0 Å². The molecule has 0 aromatic heterocycles. The molecule has 0 saturated heterocycles. The summed E-state index contributed by atoms with van der Waals surface area (Å²) >= 11 is 2.31. The van der Waals surface area contributed by atoms with Crippen molar-refractivity contribution in [2.24, 2.45) is 5.73 Å². The molecule has 13 heavy (non-hydrogen) atoms. The van der Waals surface area contributed by atoms with Crippen LogP contribution in [0.5, 0.6) is 0 Å². The van der Waals surface area contributed by atoms with Gasteiger partial charge in [-0.2, -0.15) is 0 Å². The van der Waals surface area contributed by atoms with E-state index in [1.165, 1.54) is 9.13 Å². The quantitative estimate of drug-likeness (QED) is 0.670. The Balaban J connectivity index is 2.82. The van der Waals surface area contributed by atoms with Crippen molar-refractivity contribution in [1.29, 1.82) is 0 Å². The topological polar surface area (TPSA) is 26.0 Å². The van der Waals surface area contributed by atoms with Crippen LogP contribution in [0.3, 0.4) is 0 Å². The normalized spacial score (nSPS) is 12.5. The third-order valence-corrected chi connectivity index (χ3v) is 2.86. The summed E-state index contributed by atoms with van der Waals surface area (Å²) in [5.74, 6) is 0. The van der Waals surface area contributed by atoms with Crippen molar-refractivity contribution in [3.63, 3.8) is 0 Å². The molecule has 2 heteroatoms. The second kappa shape index (κ2) is 4.77. The first-order chi connectivity index (χ1) is 6.11. The second-order valence-corrected chi connectivity index (χ2v) is 4.45. The Morgan fingerprint density at radius 1 is 1.54 bits per heavy atom. The highest BCUT2D eigenvalue weighted by Crippen LogP contribution is 2.22. The number of benzene rings is 1. The molecule has 0 radical (unpaired) electrons. The molecule has 0 unspecified atom stereocenters. The molecule has 0 aliphatic heterocycles. The van der Waals surface area contributed by atoms with E-state index >= 15 is 0 Å². The van der Waals surface area contributed by atoms with Crippen LogP contribution in [0.1, 0.15) is 24.9 Å². The van der Waals surface area contributed by atoms with Crippen molar-refractivity contribution in [2.45, 2.75) is 19.4 Å². The zero-order valence-corrected chi connectivity index (χ0v) is 9.91. The lowest BCUT2D eigenvalue weighted by Crippen LogP contribution is -2.11. The van der Waals surface area contributed by atoms with Gasteiger partial charge in [0.15, 0.2) is 0 Å². The zero-order valence-electron chi connectivity index (χ0n) is 7.76. The number of halogens is 1. The van der Waals surface area contributed by atoms with E-state index in [1.807, 2.05) is 19.1 Å². The van der Waals surface area contributed by atoms with E-state index in [-0.39, 0.29) is 6.04 Å². The lowest BCUT2D eigenvalue weighted by Gasteiger charge is -2.13. The van der Waals surface area contributed by atoms with Crippen LogP contribution in [-0.2, 0) is 0 Å². The molecule has 1 aromatic carbocycles.